The number of ether oxygens (including phenoxy) is 1. The maximum atomic E-state index is 6.06. The Balaban J connectivity index is 2.38. The van der Waals surface area contributed by atoms with Gasteiger partial charge in [0.05, 0.1) is 5.50 Å². The van der Waals surface area contributed by atoms with Gasteiger partial charge in [-0.05, 0) is 54.8 Å². The summed E-state index contributed by atoms with van der Waals surface area (Å²) in [6.07, 6.45) is 4.33. The molecule has 18 heavy (non-hydrogen) atoms. The fourth-order valence-corrected chi connectivity index (χ4v) is 2.75. The first kappa shape index (κ1) is 11.4. The lowest BCUT2D eigenvalue weighted by molar-refractivity contribution is 0.224. The lowest BCUT2D eigenvalue weighted by Crippen LogP contribution is -2.32. The summed E-state index contributed by atoms with van der Waals surface area (Å²) in [7, 11) is 2.09. The van der Waals surface area contributed by atoms with Gasteiger partial charge >= 0.3 is 0 Å². The molecule has 2 aromatic carbocycles. The summed E-state index contributed by atoms with van der Waals surface area (Å²) < 4.78 is 6.06. The standard InChI is InChI=1S/C16H17BO/c1-10-5-4-6-13-12-7-8-16(3,17)18-14(12)9-11(2)15(10)13/h4-9H,17H2,1-3H3. The van der Waals surface area contributed by atoms with Crippen LogP contribution in [0.4, 0.5) is 0 Å². The molecule has 0 fully saturated rings. The van der Waals surface area contributed by atoms with Crippen LogP contribution in [0.3, 0.4) is 0 Å². The molecule has 0 amide bonds. The van der Waals surface area contributed by atoms with Crippen molar-refractivity contribution in [3.63, 3.8) is 0 Å². The molecule has 0 saturated heterocycles. The van der Waals surface area contributed by atoms with Gasteiger partial charge in [0, 0.05) is 5.56 Å². The van der Waals surface area contributed by atoms with Crippen LogP contribution >= 0.6 is 0 Å². The van der Waals surface area contributed by atoms with Gasteiger partial charge < -0.3 is 4.74 Å². The quantitative estimate of drug-likeness (QED) is 0.638. The Kier molecular flexibility index (Phi) is 2.31. The van der Waals surface area contributed by atoms with Crippen LogP contribution in [-0.2, 0) is 0 Å². The molecule has 1 aliphatic rings. The van der Waals surface area contributed by atoms with Gasteiger partial charge in [-0.1, -0.05) is 24.3 Å². The van der Waals surface area contributed by atoms with E-state index in [4.69, 9.17) is 4.74 Å². The maximum Gasteiger partial charge on any atom is 0.163 e. The van der Waals surface area contributed by atoms with Crippen molar-refractivity contribution in [2.75, 3.05) is 0 Å². The minimum absolute atomic E-state index is 0.211. The van der Waals surface area contributed by atoms with Crippen molar-refractivity contribution >= 4 is 24.7 Å². The molecule has 2 heteroatoms. The molecule has 1 aliphatic heterocycles. The molecule has 90 valence electrons. The molecule has 0 spiro atoms. The predicted octanol–water partition coefficient (Wildman–Crippen LogP) is 3.21. The fourth-order valence-electron chi connectivity index (χ4n) is 2.75. The number of benzene rings is 2. The van der Waals surface area contributed by atoms with Gasteiger partial charge in [0.2, 0.25) is 0 Å². The highest BCUT2D eigenvalue weighted by atomic mass is 16.5. The molecule has 1 atom stereocenters. The first-order valence-corrected chi connectivity index (χ1v) is 6.39. The Morgan fingerprint density at radius 2 is 1.94 bits per heavy atom. The monoisotopic (exact) mass is 236 g/mol. The summed E-state index contributed by atoms with van der Waals surface area (Å²) in [5, 5.41) is 2.64. The number of hydrogen-bond acceptors (Lipinski definition) is 1. The summed E-state index contributed by atoms with van der Waals surface area (Å²) in [5.41, 5.74) is 3.61. The SMILES string of the molecule is BC1(C)C=Cc2c(cc(C)c3c(C)cccc23)O1. The van der Waals surface area contributed by atoms with E-state index in [0.29, 0.717) is 0 Å². The van der Waals surface area contributed by atoms with Crippen LogP contribution in [0, 0.1) is 13.8 Å². The van der Waals surface area contributed by atoms with Gasteiger partial charge in [0.15, 0.2) is 7.85 Å². The van der Waals surface area contributed by atoms with Gasteiger partial charge in [0.1, 0.15) is 5.75 Å². The molecule has 1 unspecified atom stereocenters. The van der Waals surface area contributed by atoms with Crippen LogP contribution in [0.1, 0.15) is 23.6 Å². The van der Waals surface area contributed by atoms with E-state index in [1.165, 1.54) is 27.5 Å². The summed E-state index contributed by atoms with van der Waals surface area (Å²) >= 11 is 0. The Labute approximate surface area is 109 Å². The van der Waals surface area contributed by atoms with E-state index in [9.17, 15) is 0 Å². The minimum atomic E-state index is -0.211. The molecule has 0 aliphatic carbocycles. The second kappa shape index (κ2) is 3.65. The van der Waals surface area contributed by atoms with Crippen molar-refractivity contribution < 1.29 is 4.74 Å². The molecule has 0 N–H and O–H groups in total. The first-order valence-electron chi connectivity index (χ1n) is 6.39. The van der Waals surface area contributed by atoms with Crippen molar-refractivity contribution in [2.24, 2.45) is 0 Å². The van der Waals surface area contributed by atoms with E-state index >= 15 is 0 Å². The molecular weight excluding hydrogens is 219 g/mol. The number of fused-ring (bicyclic) bond motifs is 3. The molecule has 0 bridgehead atoms. The average molecular weight is 236 g/mol. The van der Waals surface area contributed by atoms with Crippen molar-refractivity contribution in [1.82, 2.24) is 0 Å². The summed E-state index contributed by atoms with van der Waals surface area (Å²) in [5.74, 6) is 0.998. The van der Waals surface area contributed by atoms with Crippen molar-refractivity contribution in [1.29, 1.82) is 0 Å². The van der Waals surface area contributed by atoms with Crippen LogP contribution in [0.25, 0.3) is 16.8 Å². The van der Waals surface area contributed by atoms with Gasteiger partial charge in [0.25, 0.3) is 0 Å². The van der Waals surface area contributed by atoms with Crippen LogP contribution in [-0.4, -0.2) is 13.3 Å². The average Bonchev–Trinajstić information content (AvgIpc) is 2.27. The fraction of sp³-hybridized carbons (Fsp3) is 0.250. The molecular formula is C16H17BO. The Morgan fingerprint density at radius 3 is 2.72 bits per heavy atom. The minimum Gasteiger partial charge on any atom is -0.492 e. The van der Waals surface area contributed by atoms with Crippen LogP contribution in [0.2, 0.25) is 0 Å². The normalized spacial score (nSPS) is 21.7. The van der Waals surface area contributed by atoms with E-state index in [1.54, 1.807) is 0 Å². The first-order chi connectivity index (χ1) is 8.48. The van der Waals surface area contributed by atoms with Crippen molar-refractivity contribution in [3.05, 3.63) is 47.0 Å². The highest BCUT2D eigenvalue weighted by molar-refractivity contribution is 6.17. The largest absolute Gasteiger partial charge is 0.492 e. The van der Waals surface area contributed by atoms with E-state index in [-0.39, 0.29) is 5.50 Å². The third-order valence-corrected chi connectivity index (χ3v) is 3.59. The van der Waals surface area contributed by atoms with Crippen molar-refractivity contribution in [3.8, 4) is 5.75 Å². The van der Waals surface area contributed by atoms with Crippen molar-refractivity contribution in [2.45, 2.75) is 26.3 Å². The molecule has 0 aromatic heterocycles. The smallest absolute Gasteiger partial charge is 0.163 e. The zero-order valence-electron chi connectivity index (χ0n) is 11.4. The lowest BCUT2D eigenvalue weighted by Gasteiger charge is -2.29. The summed E-state index contributed by atoms with van der Waals surface area (Å²) in [6, 6.07) is 8.63. The Bertz CT molecular complexity index is 668. The molecule has 2 aromatic rings. The third kappa shape index (κ3) is 1.64. The highest BCUT2D eigenvalue weighted by Crippen LogP contribution is 2.38. The number of hydrogen-bond donors (Lipinski definition) is 0. The van der Waals surface area contributed by atoms with Gasteiger partial charge in [-0.3, -0.25) is 0 Å². The van der Waals surface area contributed by atoms with Crippen LogP contribution in [0.15, 0.2) is 30.3 Å². The second-order valence-electron chi connectivity index (χ2n) is 5.64. The zero-order valence-corrected chi connectivity index (χ0v) is 11.4. The van der Waals surface area contributed by atoms with E-state index in [0.717, 1.165) is 5.75 Å². The Hall–Kier alpha value is -1.70. The zero-order chi connectivity index (χ0) is 12.9. The molecule has 0 saturated carbocycles. The summed E-state index contributed by atoms with van der Waals surface area (Å²) in [4.78, 5) is 0. The van der Waals surface area contributed by atoms with Gasteiger partial charge in [-0.2, -0.15) is 0 Å². The Morgan fingerprint density at radius 1 is 1.17 bits per heavy atom. The molecule has 1 nitrogen and oxygen atoms in total. The lowest BCUT2D eigenvalue weighted by atomic mass is 9.80. The summed E-state index contributed by atoms with van der Waals surface area (Å²) in [6.45, 7) is 6.41. The topological polar surface area (TPSA) is 9.23 Å². The highest BCUT2D eigenvalue weighted by Gasteiger charge is 2.23. The molecule has 1 heterocycles. The van der Waals surface area contributed by atoms with E-state index in [1.807, 2.05) is 0 Å². The molecule has 3 rings (SSSR count). The van der Waals surface area contributed by atoms with E-state index in [2.05, 4.69) is 65.0 Å². The third-order valence-electron chi connectivity index (χ3n) is 3.59. The van der Waals surface area contributed by atoms with Crippen LogP contribution < -0.4 is 4.74 Å². The maximum absolute atomic E-state index is 6.06. The van der Waals surface area contributed by atoms with Gasteiger partial charge in [-0.15, -0.1) is 0 Å². The second-order valence-corrected chi connectivity index (χ2v) is 5.64. The number of aryl methyl sites for hydroxylation is 2. The van der Waals surface area contributed by atoms with Crippen LogP contribution in [0.5, 0.6) is 5.75 Å². The van der Waals surface area contributed by atoms with E-state index < -0.39 is 0 Å². The van der Waals surface area contributed by atoms with Gasteiger partial charge in [-0.25, -0.2) is 0 Å². The predicted molar refractivity (Wildman–Crippen MR) is 80.0 cm³/mol. The molecule has 0 radical (unpaired) electrons. The number of rotatable bonds is 0.